The first kappa shape index (κ1) is 47.6. The van der Waals surface area contributed by atoms with Gasteiger partial charge in [0.2, 0.25) is 11.8 Å². The van der Waals surface area contributed by atoms with Gasteiger partial charge in [-0.2, -0.15) is 0 Å². The molecule has 364 valence electrons. The molecule has 0 radical (unpaired) electrons. The minimum atomic E-state index is -0.702. The highest BCUT2D eigenvalue weighted by atomic mass is 16.5. The number of alkyl carbamates (subject to hydrolysis) is 2. The van der Waals surface area contributed by atoms with E-state index >= 15 is 0 Å². The predicted octanol–water partition coefficient (Wildman–Crippen LogP) is 9.50. The van der Waals surface area contributed by atoms with Crippen LogP contribution < -0.4 is 16.0 Å². The van der Waals surface area contributed by atoms with Crippen molar-refractivity contribution in [3.05, 3.63) is 95.8 Å². The quantitative estimate of drug-likeness (QED) is 0.0812. The smallest absolute Gasteiger partial charge is 0.407 e. The standard InChI is InChI=1S/C54H67N9O6/c1-28(2)47(60-53(66)68-8)51(64)62-26-31(6)22-43(62)49-55-24-41(58-49)35-14-10-33(11-15-35)37-18-19-38(46-40-21-30(5)20-39(57-40)45(37)46)34-12-16-36(17-13-34)42-25-56-50(59-42)44-23-32(7)27-63(44)52(65)48(29(3)4)61-54(67)69-9/h10-19,24-25,28-32,39-40,43-44,47-48,57H,20-23,26-27H2,1-9H3,(H,55,58)(H,56,59)(H,60,66)(H,61,67)/t30?,31-,32-,39?,40?,43+,44+,47+,48+/m1/s1. The third kappa shape index (κ3) is 9.37. The van der Waals surface area contributed by atoms with Crippen LogP contribution in [0, 0.1) is 29.6 Å². The largest absolute Gasteiger partial charge is 0.453 e. The second-order valence-corrected chi connectivity index (χ2v) is 20.8. The van der Waals surface area contributed by atoms with Crippen LogP contribution in [0.1, 0.15) is 121 Å². The number of nitrogens with zero attached hydrogens (tertiary/aromatic N) is 4. The summed E-state index contributed by atoms with van der Waals surface area (Å²) in [7, 11) is 2.61. The molecule has 3 saturated heterocycles. The maximum Gasteiger partial charge on any atom is 0.407 e. The van der Waals surface area contributed by atoms with Gasteiger partial charge in [0.1, 0.15) is 23.7 Å². The number of imidazole rings is 2. The molecule has 9 rings (SSSR count). The molecule has 6 heterocycles. The number of carbonyl (C=O) groups excluding carboxylic acids is 4. The van der Waals surface area contributed by atoms with Gasteiger partial charge >= 0.3 is 12.2 Å². The molecule has 4 aliphatic rings. The lowest BCUT2D eigenvalue weighted by atomic mass is 9.86. The van der Waals surface area contributed by atoms with E-state index in [-0.39, 0.29) is 59.7 Å². The molecule has 15 heteroatoms. The van der Waals surface area contributed by atoms with Crippen LogP contribution in [0.5, 0.6) is 0 Å². The Bertz CT molecular complexity index is 2510. The molecule has 0 spiro atoms. The first-order valence-corrected chi connectivity index (χ1v) is 24.7. The van der Waals surface area contributed by atoms with Crippen LogP contribution in [0.3, 0.4) is 0 Å². The number of nitrogens with one attached hydrogen (secondary N) is 5. The molecule has 2 bridgehead atoms. The van der Waals surface area contributed by atoms with E-state index in [1.165, 1.54) is 36.5 Å². The first-order valence-electron chi connectivity index (χ1n) is 24.7. The van der Waals surface area contributed by atoms with Crippen LogP contribution in [0.15, 0.2) is 73.1 Å². The Labute approximate surface area is 404 Å². The highest BCUT2D eigenvalue weighted by molar-refractivity contribution is 5.87. The van der Waals surface area contributed by atoms with Crippen molar-refractivity contribution in [2.45, 2.75) is 110 Å². The van der Waals surface area contributed by atoms with Gasteiger partial charge in [-0.3, -0.25) is 9.59 Å². The Kier molecular flexibility index (Phi) is 13.4. The predicted molar refractivity (Wildman–Crippen MR) is 264 cm³/mol. The van der Waals surface area contributed by atoms with Gasteiger partial charge in [-0.15, -0.1) is 0 Å². The fourth-order valence-corrected chi connectivity index (χ4v) is 11.4. The van der Waals surface area contributed by atoms with Gasteiger partial charge in [-0.05, 0) is 99.8 Å². The van der Waals surface area contributed by atoms with E-state index in [2.05, 4.69) is 107 Å². The number of amides is 4. The van der Waals surface area contributed by atoms with Gasteiger partial charge in [0.25, 0.3) is 0 Å². The van der Waals surface area contributed by atoms with E-state index in [0.29, 0.717) is 19.0 Å². The van der Waals surface area contributed by atoms with Crippen molar-refractivity contribution in [1.29, 1.82) is 0 Å². The molecule has 5 aromatic rings. The van der Waals surface area contributed by atoms with E-state index in [4.69, 9.17) is 19.4 Å². The number of H-pyrrole nitrogens is 2. The second-order valence-electron chi connectivity index (χ2n) is 20.8. The van der Waals surface area contributed by atoms with Crippen molar-refractivity contribution in [3.63, 3.8) is 0 Å². The number of hydrogen-bond donors (Lipinski definition) is 5. The molecule has 0 saturated carbocycles. The summed E-state index contributed by atoms with van der Waals surface area (Å²) in [5.41, 5.74) is 11.3. The Morgan fingerprint density at radius 3 is 1.30 bits per heavy atom. The van der Waals surface area contributed by atoms with Gasteiger partial charge < -0.3 is 45.2 Å². The van der Waals surface area contributed by atoms with Crippen LogP contribution >= 0.6 is 0 Å². The summed E-state index contributed by atoms with van der Waals surface area (Å²) in [4.78, 5) is 72.4. The zero-order chi connectivity index (χ0) is 48.8. The minimum Gasteiger partial charge on any atom is -0.453 e. The van der Waals surface area contributed by atoms with E-state index in [0.717, 1.165) is 71.0 Å². The van der Waals surface area contributed by atoms with E-state index in [9.17, 15) is 19.2 Å². The minimum absolute atomic E-state index is 0.116. The number of likely N-dealkylation sites (tertiary alicyclic amines) is 2. The fraction of sp³-hybridized carbons (Fsp3) is 0.481. The summed E-state index contributed by atoms with van der Waals surface area (Å²) in [5, 5.41) is 9.47. The summed E-state index contributed by atoms with van der Waals surface area (Å²) in [6.45, 7) is 15.5. The number of carbonyl (C=O) groups is 4. The molecule has 2 unspecified atom stereocenters. The lowest BCUT2D eigenvalue weighted by Gasteiger charge is -2.30. The van der Waals surface area contributed by atoms with Gasteiger partial charge in [0.15, 0.2) is 0 Å². The Hall–Kier alpha value is -6.48. The molecule has 3 fully saturated rings. The Balaban J connectivity index is 0.942. The van der Waals surface area contributed by atoms with E-state index < -0.39 is 24.3 Å². The number of methoxy groups -OCH3 is 2. The molecule has 0 aliphatic carbocycles. The molecular weight excluding hydrogens is 871 g/mol. The molecular formula is C54H67N9O6. The highest BCUT2D eigenvalue weighted by Gasteiger charge is 2.43. The summed E-state index contributed by atoms with van der Waals surface area (Å²) >= 11 is 0. The van der Waals surface area contributed by atoms with Gasteiger partial charge in [0, 0.05) is 25.2 Å². The number of ether oxygens (including phenoxy) is 2. The van der Waals surface area contributed by atoms with Crippen molar-refractivity contribution in [2.75, 3.05) is 27.3 Å². The monoisotopic (exact) mass is 938 g/mol. The van der Waals surface area contributed by atoms with Crippen molar-refractivity contribution in [3.8, 4) is 44.8 Å². The topological polar surface area (TPSA) is 187 Å². The molecule has 69 heavy (non-hydrogen) atoms. The van der Waals surface area contributed by atoms with Crippen LogP contribution in [0.4, 0.5) is 9.59 Å². The van der Waals surface area contributed by atoms with Gasteiger partial charge in [-0.25, -0.2) is 19.6 Å². The lowest BCUT2D eigenvalue weighted by molar-refractivity contribution is -0.136. The Morgan fingerprint density at radius 1 is 0.565 bits per heavy atom. The normalized spacial score (nSPS) is 23.8. The summed E-state index contributed by atoms with van der Waals surface area (Å²) < 4.78 is 9.65. The van der Waals surface area contributed by atoms with Crippen molar-refractivity contribution in [2.24, 2.45) is 29.6 Å². The highest BCUT2D eigenvalue weighted by Crippen LogP contribution is 2.52. The first-order chi connectivity index (χ1) is 33.1. The maximum absolute atomic E-state index is 13.9. The average Bonchev–Trinajstić information content (AvgIpc) is 4.20. The molecule has 4 amide bonds. The summed E-state index contributed by atoms with van der Waals surface area (Å²) in [6.07, 6.45) is 6.16. The van der Waals surface area contributed by atoms with Crippen LogP contribution in [-0.2, 0) is 19.1 Å². The fourth-order valence-electron chi connectivity index (χ4n) is 11.4. The molecule has 5 N–H and O–H groups in total. The average molecular weight is 938 g/mol. The lowest BCUT2D eigenvalue weighted by Crippen LogP contribution is -2.51. The number of benzene rings is 3. The zero-order valence-corrected chi connectivity index (χ0v) is 41.3. The molecule has 8 atom stereocenters. The number of fused-ring (bicyclic) bond motifs is 5. The number of hydrogen-bond acceptors (Lipinski definition) is 9. The van der Waals surface area contributed by atoms with E-state index in [1.807, 2.05) is 49.9 Å². The van der Waals surface area contributed by atoms with Crippen molar-refractivity contribution < 1.29 is 28.7 Å². The molecule has 15 nitrogen and oxygen atoms in total. The number of rotatable bonds is 12. The van der Waals surface area contributed by atoms with Gasteiger partial charge in [0.05, 0.1) is 50.1 Å². The molecule has 3 aromatic carbocycles. The van der Waals surface area contributed by atoms with Crippen molar-refractivity contribution in [1.82, 2.24) is 45.7 Å². The Morgan fingerprint density at radius 2 is 0.942 bits per heavy atom. The van der Waals surface area contributed by atoms with Gasteiger partial charge in [-0.1, -0.05) is 109 Å². The zero-order valence-electron chi connectivity index (χ0n) is 41.3. The van der Waals surface area contributed by atoms with Crippen LogP contribution in [0.25, 0.3) is 44.8 Å². The number of aromatic nitrogens is 4. The van der Waals surface area contributed by atoms with Crippen molar-refractivity contribution >= 4 is 24.0 Å². The third-order valence-corrected chi connectivity index (χ3v) is 14.9. The molecule has 4 aliphatic heterocycles. The number of aromatic amines is 2. The summed E-state index contributed by atoms with van der Waals surface area (Å²) in [6, 6.07) is 20.6. The number of piperidine rings is 1. The molecule has 2 aromatic heterocycles. The maximum atomic E-state index is 13.9. The van der Waals surface area contributed by atoms with Crippen LogP contribution in [0.2, 0.25) is 0 Å². The SMILES string of the molecule is COC(=O)N[C@H](C(=O)N1C[C@H](C)C[C@H]1c1ncc(-c2ccc(-c3ccc(-c4ccc(-c5cnc([C@@H]6C[C@@H](C)CN6C(=O)[C@@H](NC(=O)OC)C(C)C)[nH]5)cc4)c4c3C3CC(C)CC4N3)cc2)[nH]1)C(C)C. The third-order valence-electron chi connectivity index (χ3n) is 14.9. The summed E-state index contributed by atoms with van der Waals surface area (Å²) in [5.74, 6) is 2.12. The van der Waals surface area contributed by atoms with Crippen LogP contribution in [-0.4, -0.2) is 93.1 Å². The second kappa shape index (κ2) is 19.5. The van der Waals surface area contributed by atoms with E-state index in [1.54, 1.807) is 0 Å².